The van der Waals surface area contributed by atoms with E-state index in [1.165, 1.54) is 4.90 Å². The molecule has 7 nitrogen and oxygen atoms in total. The van der Waals surface area contributed by atoms with E-state index in [4.69, 9.17) is 5.73 Å². The lowest BCUT2D eigenvalue weighted by Crippen LogP contribution is -2.52. The predicted octanol–water partition coefficient (Wildman–Crippen LogP) is 1.44. The maximum Gasteiger partial charge on any atom is 0.318 e. The van der Waals surface area contributed by atoms with Crippen molar-refractivity contribution in [3.05, 3.63) is 29.8 Å². The third-order valence-electron chi connectivity index (χ3n) is 4.31. The molecule has 0 aliphatic carbocycles. The number of nitrogens with two attached hydrogens (primary N) is 1. The second kappa shape index (κ2) is 7.81. The summed E-state index contributed by atoms with van der Waals surface area (Å²) in [6.45, 7) is 4.41. The van der Waals surface area contributed by atoms with Crippen molar-refractivity contribution in [1.82, 2.24) is 10.2 Å². The van der Waals surface area contributed by atoms with Gasteiger partial charge in [-0.1, -0.05) is 38.5 Å². The number of para-hydroxylation sites is 1. The number of rotatable bonds is 5. The molecule has 1 aliphatic heterocycles. The molecule has 1 aromatic rings. The fourth-order valence-corrected chi connectivity index (χ4v) is 2.79. The fourth-order valence-electron chi connectivity index (χ4n) is 2.79. The van der Waals surface area contributed by atoms with E-state index in [9.17, 15) is 14.4 Å². The van der Waals surface area contributed by atoms with Gasteiger partial charge in [-0.3, -0.25) is 9.59 Å². The maximum absolute atomic E-state index is 12.7. The normalized spacial score (nSPS) is 18.2. The first kappa shape index (κ1) is 17.8. The number of benzene rings is 1. The monoisotopic (exact) mass is 332 g/mol. The Kier molecular flexibility index (Phi) is 5.78. The smallest absolute Gasteiger partial charge is 0.318 e. The van der Waals surface area contributed by atoms with Gasteiger partial charge in [0, 0.05) is 18.7 Å². The second-order valence-corrected chi connectivity index (χ2v) is 6.05. The van der Waals surface area contributed by atoms with E-state index in [2.05, 4.69) is 10.6 Å². The molecule has 0 radical (unpaired) electrons. The van der Waals surface area contributed by atoms with Crippen LogP contribution in [0.25, 0.3) is 0 Å². The predicted molar refractivity (Wildman–Crippen MR) is 91.1 cm³/mol. The Morgan fingerprint density at radius 2 is 2.12 bits per heavy atom. The molecule has 7 heteroatoms. The van der Waals surface area contributed by atoms with Crippen LogP contribution in [-0.4, -0.2) is 35.3 Å². The van der Waals surface area contributed by atoms with Crippen LogP contribution < -0.4 is 16.4 Å². The number of hydrogen-bond donors (Lipinski definition) is 3. The van der Waals surface area contributed by atoms with Crippen LogP contribution in [0.15, 0.2) is 24.3 Å². The summed E-state index contributed by atoms with van der Waals surface area (Å²) in [7, 11) is 0. The van der Waals surface area contributed by atoms with Crippen LogP contribution in [0.2, 0.25) is 0 Å². The number of nitrogens with one attached hydrogen (secondary N) is 2. The summed E-state index contributed by atoms with van der Waals surface area (Å²) >= 11 is 0. The van der Waals surface area contributed by atoms with Crippen molar-refractivity contribution < 1.29 is 14.4 Å². The van der Waals surface area contributed by atoms with Gasteiger partial charge in [0.05, 0.1) is 6.54 Å². The fraction of sp³-hybridized carbons (Fsp3) is 0.471. The van der Waals surface area contributed by atoms with Crippen LogP contribution in [0.4, 0.5) is 10.5 Å². The van der Waals surface area contributed by atoms with Gasteiger partial charge >= 0.3 is 6.03 Å². The largest absolute Gasteiger partial charge is 0.370 e. The first-order valence-corrected chi connectivity index (χ1v) is 8.15. The average molecular weight is 332 g/mol. The number of carbonyl (C=O) groups is 3. The van der Waals surface area contributed by atoms with E-state index in [0.29, 0.717) is 6.54 Å². The molecule has 130 valence electrons. The quantitative estimate of drug-likeness (QED) is 0.760. The number of nitrogens with zero attached hydrogens (tertiary/aromatic N) is 1. The molecule has 4 N–H and O–H groups in total. The highest BCUT2D eigenvalue weighted by molar-refractivity contribution is 5.98. The van der Waals surface area contributed by atoms with Crippen molar-refractivity contribution in [2.45, 2.75) is 39.3 Å². The highest BCUT2D eigenvalue weighted by atomic mass is 16.2. The van der Waals surface area contributed by atoms with E-state index < -0.39 is 11.9 Å². The van der Waals surface area contributed by atoms with Crippen LogP contribution in [0.3, 0.4) is 0 Å². The third kappa shape index (κ3) is 4.04. The Balaban J connectivity index is 2.26. The molecule has 24 heavy (non-hydrogen) atoms. The van der Waals surface area contributed by atoms with Crippen LogP contribution in [0.1, 0.15) is 32.3 Å². The molecule has 0 fully saturated rings. The number of hydrogen-bond acceptors (Lipinski definition) is 3. The van der Waals surface area contributed by atoms with E-state index in [0.717, 1.165) is 17.7 Å². The minimum atomic E-state index is -0.573. The molecule has 0 aromatic heterocycles. The molecule has 0 unspecified atom stereocenters. The molecular formula is C17H24N4O3. The Labute approximate surface area is 141 Å². The van der Waals surface area contributed by atoms with Crippen LogP contribution in [0, 0.1) is 5.92 Å². The number of fused-ring (bicyclic) bond motifs is 1. The molecule has 1 aromatic carbocycles. The number of amides is 4. The van der Waals surface area contributed by atoms with Crippen LogP contribution >= 0.6 is 0 Å². The first-order valence-electron chi connectivity index (χ1n) is 8.15. The zero-order valence-corrected chi connectivity index (χ0v) is 14.0. The van der Waals surface area contributed by atoms with E-state index >= 15 is 0 Å². The second-order valence-electron chi connectivity index (χ2n) is 6.05. The van der Waals surface area contributed by atoms with Gasteiger partial charge in [-0.25, -0.2) is 4.79 Å². The van der Waals surface area contributed by atoms with Crippen LogP contribution in [-0.2, 0) is 16.1 Å². The molecule has 1 aliphatic rings. The Hall–Kier alpha value is -2.57. The Morgan fingerprint density at radius 1 is 1.42 bits per heavy atom. The van der Waals surface area contributed by atoms with E-state index in [1.54, 1.807) is 0 Å². The van der Waals surface area contributed by atoms with Crippen molar-refractivity contribution in [3.63, 3.8) is 0 Å². The minimum absolute atomic E-state index is 0.00111. The van der Waals surface area contributed by atoms with Crippen molar-refractivity contribution in [1.29, 1.82) is 0 Å². The zero-order chi connectivity index (χ0) is 17.7. The Bertz CT molecular complexity index is 632. The number of carbonyl (C=O) groups excluding carboxylic acids is 3. The van der Waals surface area contributed by atoms with Gasteiger partial charge in [-0.05, 0) is 17.5 Å². The number of anilines is 1. The van der Waals surface area contributed by atoms with Gasteiger partial charge in [0.1, 0.15) is 6.04 Å². The molecule has 0 saturated carbocycles. The minimum Gasteiger partial charge on any atom is -0.370 e. The van der Waals surface area contributed by atoms with Gasteiger partial charge in [-0.2, -0.15) is 0 Å². The first-order chi connectivity index (χ1) is 11.4. The summed E-state index contributed by atoms with van der Waals surface area (Å²) in [5.41, 5.74) is 6.70. The van der Waals surface area contributed by atoms with Crippen molar-refractivity contribution in [2.75, 3.05) is 11.9 Å². The molecule has 4 amide bonds. The van der Waals surface area contributed by atoms with Gasteiger partial charge in [-0.15, -0.1) is 0 Å². The van der Waals surface area contributed by atoms with Gasteiger partial charge in [0.2, 0.25) is 11.8 Å². The van der Waals surface area contributed by atoms with Crippen molar-refractivity contribution >= 4 is 23.5 Å². The summed E-state index contributed by atoms with van der Waals surface area (Å²) in [5.74, 6) is -0.673. The lowest BCUT2D eigenvalue weighted by atomic mass is 9.97. The van der Waals surface area contributed by atoms with E-state index in [-0.39, 0.29) is 30.8 Å². The summed E-state index contributed by atoms with van der Waals surface area (Å²) in [5, 5.41) is 5.59. The lowest BCUT2D eigenvalue weighted by molar-refractivity contribution is -0.122. The third-order valence-corrected chi connectivity index (χ3v) is 4.31. The van der Waals surface area contributed by atoms with Gasteiger partial charge in [0.25, 0.3) is 0 Å². The summed E-state index contributed by atoms with van der Waals surface area (Å²) in [4.78, 5) is 37.6. The van der Waals surface area contributed by atoms with Gasteiger partial charge in [0.15, 0.2) is 0 Å². The summed E-state index contributed by atoms with van der Waals surface area (Å²) in [6, 6.07) is 6.50. The van der Waals surface area contributed by atoms with Gasteiger partial charge < -0.3 is 21.3 Å². The summed E-state index contributed by atoms with van der Waals surface area (Å²) in [6.07, 6.45) is 0.829. The highest BCUT2D eigenvalue weighted by Gasteiger charge is 2.36. The molecule has 0 spiro atoms. The molecule has 0 saturated heterocycles. The van der Waals surface area contributed by atoms with Crippen molar-refractivity contribution in [2.24, 2.45) is 11.7 Å². The standard InChI is InChI=1S/C17H24N4O3/c1-3-11(2)15-16(23)20-13-7-5-4-6-12(13)10-21(15)17(24)19-9-8-14(18)22/h4-7,11,15H,3,8-10H2,1-2H3,(H2,18,22)(H,19,24)(H,20,23)/t11-,15-/m0/s1. The maximum atomic E-state index is 12.7. The average Bonchev–Trinajstić information content (AvgIpc) is 2.69. The molecule has 1 heterocycles. The molecular weight excluding hydrogens is 308 g/mol. The molecule has 2 atom stereocenters. The topological polar surface area (TPSA) is 105 Å². The summed E-state index contributed by atoms with van der Waals surface area (Å²) < 4.78 is 0. The lowest BCUT2D eigenvalue weighted by Gasteiger charge is -2.32. The highest BCUT2D eigenvalue weighted by Crippen LogP contribution is 2.27. The SMILES string of the molecule is CC[C@H](C)[C@H]1C(=O)Nc2ccccc2CN1C(=O)NCCC(N)=O. The Morgan fingerprint density at radius 3 is 2.79 bits per heavy atom. The number of urea groups is 1. The van der Waals surface area contributed by atoms with E-state index in [1.807, 2.05) is 38.1 Å². The van der Waals surface area contributed by atoms with Crippen molar-refractivity contribution in [3.8, 4) is 0 Å². The van der Waals surface area contributed by atoms with Crippen LogP contribution in [0.5, 0.6) is 0 Å². The number of primary amides is 1. The molecule has 2 rings (SSSR count). The zero-order valence-electron chi connectivity index (χ0n) is 14.0. The molecule has 0 bridgehead atoms.